The Labute approximate surface area is 128 Å². The SMILES string of the molecule is COCCc1ccc(C(O)c2cccc(Cl)c2Cl)cc1. The molecule has 0 aliphatic carbocycles. The fourth-order valence-electron chi connectivity index (χ4n) is 2.00. The quantitative estimate of drug-likeness (QED) is 0.894. The van der Waals surface area contributed by atoms with Crippen LogP contribution in [-0.4, -0.2) is 18.8 Å². The molecular formula is C16H16Cl2O2. The Morgan fingerprint density at radius 3 is 2.45 bits per heavy atom. The molecule has 0 heterocycles. The van der Waals surface area contributed by atoms with Gasteiger partial charge in [0.2, 0.25) is 0 Å². The molecule has 0 saturated carbocycles. The molecule has 1 N–H and O–H groups in total. The molecule has 0 radical (unpaired) electrons. The summed E-state index contributed by atoms with van der Waals surface area (Å²) in [5, 5.41) is 11.2. The van der Waals surface area contributed by atoms with Crippen LogP contribution in [-0.2, 0) is 11.2 Å². The Morgan fingerprint density at radius 2 is 1.80 bits per heavy atom. The van der Waals surface area contributed by atoms with Gasteiger partial charge in [-0.1, -0.05) is 59.6 Å². The van der Waals surface area contributed by atoms with Crippen molar-refractivity contribution in [2.24, 2.45) is 0 Å². The molecule has 1 unspecified atom stereocenters. The Hall–Kier alpha value is -1.06. The van der Waals surface area contributed by atoms with E-state index in [4.69, 9.17) is 27.9 Å². The van der Waals surface area contributed by atoms with Crippen molar-refractivity contribution < 1.29 is 9.84 Å². The minimum Gasteiger partial charge on any atom is -0.384 e. The number of hydrogen-bond donors (Lipinski definition) is 1. The summed E-state index contributed by atoms with van der Waals surface area (Å²) in [4.78, 5) is 0. The van der Waals surface area contributed by atoms with E-state index in [0.717, 1.165) is 12.0 Å². The average molecular weight is 311 g/mol. The van der Waals surface area contributed by atoms with Crippen molar-refractivity contribution in [3.63, 3.8) is 0 Å². The van der Waals surface area contributed by atoms with E-state index in [1.807, 2.05) is 24.3 Å². The first-order valence-electron chi connectivity index (χ1n) is 6.33. The molecule has 0 aliphatic heterocycles. The Morgan fingerprint density at radius 1 is 1.10 bits per heavy atom. The molecule has 106 valence electrons. The summed E-state index contributed by atoms with van der Waals surface area (Å²) in [6.45, 7) is 0.683. The summed E-state index contributed by atoms with van der Waals surface area (Å²) in [5.41, 5.74) is 2.57. The average Bonchev–Trinajstić information content (AvgIpc) is 2.48. The molecule has 2 nitrogen and oxygen atoms in total. The zero-order valence-corrected chi connectivity index (χ0v) is 12.7. The Bertz CT molecular complexity index is 567. The predicted molar refractivity (Wildman–Crippen MR) is 82.5 cm³/mol. The topological polar surface area (TPSA) is 29.5 Å². The molecule has 0 spiro atoms. The number of aliphatic hydroxyl groups excluding tert-OH is 1. The number of aliphatic hydroxyl groups is 1. The first kappa shape index (κ1) is 15.3. The van der Waals surface area contributed by atoms with Crippen LogP contribution in [0.1, 0.15) is 22.8 Å². The van der Waals surface area contributed by atoms with Gasteiger partial charge < -0.3 is 9.84 Å². The smallest absolute Gasteiger partial charge is 0.106 e. The summed E-state index contributed by atoms with van der Waals surface area (Å²) < 4.78 is 5.04. The van der Waals surface area contributed by atoms with Crippen LogP contribution in [0, 0.1) is 0 Å². The third-order valence-corrected chi connectivity index (χ3v) is 4.00. The molecule has 4 heteroatoms. The van der Waals surface area contributed by atoms with Crippen molar-refractivity contribution in [1.82, 2.24) is 0 Å². The van der Waals surface area contributed by atoms with E-state index in [1.54, 1.807) is 25.3 Å². The first-order chi connectivity index (χ1) is 9.63. The molecule has 2 aromatic carbocycles. The van der Waals surface area contributed by atoms with Crippen molar-refractivity contribution in [2.45, 2.75) is 12.5 Å². The standard InChI is InChI=1S/C16H16Cl2O2/c1-20-10-9-11-5-7-12(8-6-11)16(19)13-3-2-4-14(17)15(13)18/h2-8,16,19H,9-10H2,1H3. The summed E-state index contributed by atoms with van der Waals surface area (Å²) >= 11 is 12.1. The van der Waals surface area contributed by atoms with Crippen molar-refractivity contribution in [1.29, 1.82) is 0 Å². The minimum atomic E-state index is -0.780. The molecule has 0 fully saturated rings. The van der Waals surface area contributed by atoms with E-state index in [-0.39, 0.29) is 0 Å². The monoisotopic (exact) mass is 310 g/mol. The zero-order chi connectivity index (χ0) is 14.5. The summed E-state index contributed by atoms with van der Waals surface area (Å²) in [6.07, 6.45) is 0.0721. The van der Waals surface area contributed by atoms with Gasteiger partial charge in [0.1, 0.15) is 6.10 Å². The van der Waals surface area contributed by atoms with Gasteiger partial charge >= 0.3 is 0 Å². The second kappa shape index (κ2) is 7.09. The van der Waals surface area contributed by atoms with Crippen LogP contribution in [0.3, 0.4) is 0 Å². The third-order valence-electron chi connectivity index (χ3n) is 3.17. The van der Waals surface area contributed by atoms with Crippen molar-refractivity contribution >= 4 is 23.2 Å². The molecule has 2 rings (SSSR count). The predicted octanol–water partition coefficient (Wildman–Crippen LogP) is 4.26. The highest BCUT2D eigenvalue weighted by molar-refractivity contribution is 6.42. The van der Waals surface area contributed by atoms with Crippen LogP contribution in [0.4, 0.5) is 0 Å². The number of benzene rings is 2. The third kappa shape index (κ3) is 3.53. The second-order valence-electron chi connectivity index (χ2n) is 4.53. The number of halogens is 2. The van der Waals surface area contributed by atoms with Gasteiger partial charge in [-0.2, -0.15) is 0 Å². The number of hydrogen-bond acceptors (Lipinski definition) is 2. The minimum absolute atomic E-state index is 0.394. The number of rotatable bonds is 5. The normalized spacial score (nSPS) is 12.4. The number of methoxy groups -OCH3 is 1. The fourth-order valence-corrected chi connectivity index (χ4v) is 2.41. The first-order valence-corrected chi connectivity index (χ1v) is 7.09. The van der Waals surface area contributed by atoms with E-state index < -0.39 is 6.10 Å². The lowest BCUT2D eigenvalue weighted by Gasteiger charge is -2.14. The molecule has 0 aliphatic rings. The molecule has 0 aromatic heterocycles. The highest BCUT2D eigenvalue weighted by Crippen LogP contribution is 2.33. The van der Waals surface area contributed by atoms with Crippen LogP contribution in [0.25, 0.3) is 0 Å². The molecule has 0 amide bonds. The van der Waals surface area contributed by atoms with Crippen LogP contribution >= 0.6 is 23.2 Å². The van der Waals surface area contributed by atoms with Gasteiger partial charge in [0.25, 0.3) is 0 Å². The molecular weight excluding hydrogens is 295 g/mol. The highest BCUT2D eigenvalue weighted by atomic mass is 35.5. The van der Waals surface area contributed by atoms with E-state index in [9.17, 15) is 5.11 Å². The van der Waals surface area contributed by atoms with Gasteiger partial charge in [-0.15, -0.1) is 0 Å². The van der Waals surface area contributed by atoms with Gasteiger partial charge in [0, 0.05) is 12.7 Å². The van der Waals surface area contributed by atoms with Crippen molar-refractivity contribution in [2.75, 3.05) is 13.7 Å². The summed E-state index contributed by atoms with van der Waals surface area (Å²) in [6, 6.07) is 13.0. The lowest BCUT2D eigenvalue weighted by atomic mass is 10.00. The van der Waals surface area contributed by atoms with E-state index in [1.165, 1.54) is 5.56 Å². The van der Waals surface area contributed by atoms with Gasteiger partial charge in [-0.25, -0.2) is 0 Å². The second-order valence-corrected chi connectivity index (χ2v) is 5.32. The highest BCUT2D eigenvalue weighted by Gasteiger charge is 2.15. The van der Waals surface area contributed by atoms with Gasteiger partial charge in [0.05, 0.1) is 16.7 Å². The molecule has 1 atom stereocenters. The lowest BCUT2D eigenvalue weighted by Crippen LogP contribution is -2.01. The van der Waals surface area contributed by atoms with Gasteiger partial charge in [0.15, 0.2) is 0 Å². The molecule has 0 saturated heterocycles. The van der Waals surface area contributed by atoms with Gasteiger partial charge in [-0.3, -0.25) is 0 Å². The van der Waals surface area contributed by atoms with Crippen LogP contribution in [0.2, 0.25) is 10.0 Å². The maximum Gasteiger partial charge on any atom is 0.106 e. The molecule has 2 aromatic rings. The Balaban J connectivity index is 2.20. The maximum atomic E-state index is 10.4. The van der Waals surface area contributed by atoms with E-state index in [2.05, 4.69) is 0 Å². The van der Waals surface area contributed by atoms with Crippen molar-refractivity contribution in [3.8, 4) is 0 Å². The summed E-state index contributed by atoms with van der Waals surface area (Å²) in [5.74, 6) is 0. The summed E-state index contributed by atoms with van der Waals surface area (Å²) in [7, 11) is 1.68. The Kier molecular flexibility index (Phi) is 5.44. The fraction of sp³-hybridized carbons (Fsp3) is 0.250. The largest absolute Gasteiger partial charge is 0.384 e. The lowest BCUT2D eigenvalue weighted by molar-refractivity contribution is 0.202. The number of ether oxygens (including phenoxy) is 1. The van der Waals surface area contributed by atoms with Crippen LogP contribution in [0.5, 0.6) is 0 Å². The molecule has 20 heavy (non-hydrogen) atoms. The van der Waals surface area contributed by atoms with Crippen LogP contribution < -0.4 is 0 Å². The van der Waals surface area contributed by atoms with E-state index in [0.29, 0.717) is 22.2 Å². The molecule has 0 bridgehead atoms. The van der Waals surface area contributed by atoms with Gasteiger partial charge in [-0.05, 0) is 23.6 Å². The van der Waals surface area contributed by atoms with Crippen LogP contribution in [0.15, 0.2) is 42.5 Å². The van der Waals surface area contributed by atoms with E-state index >= 15 is 0 Å². The maximum absolute atomic E-state index is 10.4. The zero-order valence-electron chi connectivity index (χ0n) is 11.1. The van der Waals surface area contributed by atoms with Crippen molar-refractivity contribution in [3.05, 3.63) is 69.2 Å².